The topological polar surface area (TPSA) is 61.9 Å². The average Bonchev–Trinajstić information content (AvgIpc) is 3.10. The predicted molar refractivity (Wildman–Crippen MR) is 102 cm³/mol. The molecule has 1 aliphatic heterocycles. The summed E-state index contributed by atoms with van der Waals surface area (Å²) in [5.74, 6) is 0.173. The zero-order chi connectivity index (χ0) is 18.3. The Labute approximate surface area is 153 Å². The lowest BCUT2D eigenvalue weighted by Crippen LogP contribution is -2.37. The van der Waals surface area contributed by atoms with Crippen molar-refractivity contribution in [2.45, 2.75) is 45.6 Å². The number of hydrogen-bond acceptors (Lipinski definition) is 3. The highest BCUT2D eigenvalue weighted by atomic mass is 16.2. The number of nitrogens with one attached hydrogen (secondary N) is 1. The maximum absolute atomic E-state index is 12.8. The van der Waals surface area contributed by atoms with E-state index in [1.807, 2.05) is 17.3 Å². The van der Waals surface area contributed by atoms with Crippen LogP contribution in [0.15, 0.2) is 36.7 Å². The molecule has 3 heterocycles. The average molecular weight is 348 g/mol. The summed E-state index contributed by atoms with van der Waals surface area (Å²) >= 11 is 0. The van der Waals surface area contributed by atoms with Gasteiger partial charge in [-0.1, -0.05) is 45.0 Å². The third kappa shape index (κ3) is 3.09. The van der Waals surface area contributed by atoms with Gasteiger partial charge in [-0.15, -0.1) is 0 Å². The van der Waals surface area contributed by atoms with Crippen LogP contribution in [-0.2, 0) is 29.6 Å². The SMILES string of the molecule is CC(C)(C)c1ccc(CC(=O)N2CCc3c(cnc4[nH]ncc34)C2)cc1. The second kappa shape index (κ2) is 6.24. The number of benzene rings is 1. The second-order valence-electron chi connectivity index (χ2n) is 8.08. The van der Waals surface area contributed by atoms with Crippen molar-refractivity contribution >= 4 is 16.9 Å². The van der Waals surface area contributed by atoms with Gasteiger partial charge in [0.05, 0.1) is 12.6 Å². The first-order valence-corrected chi connectivity index (χ1v) is 9.09. The molecule has 134 valence electrons. The standard InChI is InChI=1S/C21H24N4O/c1-21(2,3)16-6-4-14(5-7-16)10-19(26)25-9-8-17-15(13-25)11-22-20-18(17)12-23-24-20/h4-7,11-12H,8-10,13H2,1-3H3,(H,22,23,24). The first kappa shape index (κ1) is 16.8. The number of pyridine rings is 1. The van der Waals surface area contributed by atoms with Crippen molar-refractivity contribution in [1.29, 1.82) is 0 Å². The van der Waals surface area contributed by atoms with E-state index in [-0.39, 0.29) is 11.3 Å². The summed E-state index contributed by atoms with van der Waals surface area (Å²) in [5.41, 5.74) is 5.70. The summed E-state index contributed by atoms with van der Waals surface area (Å²) in [6.07, 6.45) is 4.99. The normalized spacial score (nSPS) is 14.5. The van der Waals surface area contributed by atoms with Gasteiger partial charge in [-0.25, -0.2) is 4.98 Å². The van der Waals surface area contributed by atoms with Gasteiger partial charge >= 0.3 is 0 Å². The van der Waals surface area contributed by atoms with Crippen LogP contribution < -0.4 is 0 Å². The summed E-state index contributed by atoms with van der Waals surface area (Å²) in [6, 6.07) is 8.42. The van der Waals surface area contributed by atoms with E-state index >= 15 is 0 Å². The van der Waals surface area contributed by atoms with Gasteiger partial charge in [0.1, 0.15) is 0 Å². The first-order chi connectivity index (χ1) is 12.4. The zero-order valence-electron chi connectivity index (χ0n) is 15.5. The Morgan fingerprint density at radius 3 is 2.69 bits per heavy atom. The Morgan fingerprint density at radius 1 is 1.19 bits per heavy atom. The molecule has 0 radical (unpaired) electrons. The number of aromatic amines is 1. The van der Waals surface area contributed by atoms with Gasteiger partial charge in [-0.3, -0.25) is 9.89 Å². The zero-order valence-corrected chi connectivity index (χ0v) is 15.5. The minimum absolute atomic E-state index is 0.130. The lowest BCUT2D eigenvalue weighted by atomic mass is 9.86. The van der Waals surface area contributed by atoms with Gasteiger partial charge in [0.2, 0.25) is 5.91 Å². The van der Waals surface area contributed by atoms with Crippen LogP contribution in [0.1, 0.15) is 43.0 Å². The monoisotopic (exact) mass is 348 g/mol. The fourth-order valence-electron chi connectivity index (χ4n) is 3.58. The van der Waals surface area contributed by atoms with Crippen molar-refractivity contribution in [3.8, 4) is 0 Å². The Hall–Kier alpha value is -2.69. The van der Waals surface area contributed by atoms with E-state index in [4.69, 9.17) is 0 Å². The van der Waals surface area contributed by atoms with Crippen LogP contribution in [-0.4, -0.2) is 32.5 Å². The van der Waals surface area contributed by atoms with Crippen LogP contribution in [0.3, 0.4) is 0 Å². The van der Waals surface area contributed by atoms with Crippen LogP contribution in [0.25, 0.3) is 11.0 Å². The molecule has 26 heavy (non-hydrogen) atoms. The molecule has 0 fully saturated rings. The molecule has 4 rings (SSSR count). The molecule has 1 N–H and O–H groups in total. The molecule has 1 aliphatic rings. The molecular weight excluding hydrogens is 324 g/mol. The van der Waals surface area contributed by atoms with E-state index < -0.39 is 0 Å². The van der Waals surface area contributed by atoms with E-state index in [2.05, 4.69) is 60.2 Å². The number of amides is 1. The van der Waals surface area contributed by atoms with Crippen LogP contribution in [0.4, 0.5) is 0 Å². The van der Waals surface area contributed by atoms with E-state index in [9.17, 15) is 4.79 Å². The Morgan fingerprint density at radius 2 is 1.96 bits per heavy atom. The molecule has 0 saturated carbocycles. The fourth-order valence-corrected chi connectivity index (χ4v) is 3.58. The molecule has 3 aromatic rings. The quantitative estimate of drug-likeness (QED) is 0.772. The van der Waals surface area contributed by atoms with Crippen molar-refractivity contribution in [3.63, 3.8) is 0 Å². The molecule has 0 spiro atoms. The van der Waals surface area contributed by atoms with Gasteiger partial charge in [-0.05, 0) is 34.1 Å². The maximum Gasteiger partial charge on any atom is 0.227 e. The highest BCUT2D eigenvalue weighted by Crippen LogP contribution is 2.26. The van der Waals surface area contributed by atoms with Gasteiger partial charge in [-0.2, -0.15) is 5.10 Å². The largest absolute Gasteiger partial charge is 0.338 e. The number of carbonyl (C=O) groups excluding carboxylic acids is 1. The van der Waals surface area contributed by atoms with E-state index in [1.54, 1.807) is 0 Å². The van der Waals surface area contributed by atoms with Crippen LogP contribution in [0.5, 0.6) is 0 Å². The Kier molecular flexibility index (Phi) is 4.02. The number of rotatable bonds is 2. The molecule has 0 bridgehead atoms. The minimum atomic E-state index is 0.130. The number of fused-ring (bicyclic) bond motifs is 3. The Balaban J connectivity index is 1.47. The molecule has 5 nitrogen and oxygen atoms in total. The molecule has 2 aromatic heterocycles. The van der Waals surface area contributed by atoms with Gasteiger partial charge in [0, 0.05) is 24.7 Å². The fraction of sp³-hybridized carbons (Fsp3) is 0.381. The number of nitrogens with zero attached hydrogens (tertiary/aromatic N) is 3. The highest BCUT2D eigenvalue weighted by Gasteiger charge is 2.23. The molecule has 1 aromatic carbocycles. The number of aromatic nitrogens is 3. The molecule has 0 saturated heterocycles. The molecule has 0 unspecified atom stereocenters. The molecule has 0 aliphatic carbocycles. The molecule has 0 atom stereocenters. The number of carbonyl (C=O) groups is 1. The van der Waals surface area contributed by atoms with Crippen molar-refractivity contribution in [2.24, 2.45) is 0 Å². The van der Waals surface area contributed by atoms with Crippen LogP contribution >= 0.6 is 0 Å². The first-order valence-electron chi connectivity index (χ1n) is 9.09. The predicted octanol–water partition coefficient (Wildman–Crippen LogP) is 3.38. The number of H-pyrrole nitrogens is 1. The van der Waals surface area contributed by atoms with E-state index in [0.29, 0.717) is 13.0 Å². The summed E-state index contributed by atoms with van der Waals surface area (Å²) in [7, 11) is 0. The third-order valence-corrected chi connectivity index (χ3v) is 5.20. The second-order valence-corrected chi connectivity index (χ2v) is 8.08. The summed E-state index contributed by atoms with van der Waals surface area (Å²) in [4.78, 5) is 19.1. The number of hydrogen-bond donors (Lipinski definition) is 1. The lowest BCUT2D eigenvalue weighted by molar-refractivity contribution is -0.131. The van der Waals surface area contributed by atoms with E-state index in [0.717, 1.165) is 35.1 Å². The minimum Gasteiger partial charge on any atom is -0.338 e. The summed E-state index contributed by atoms with van der Waals surface area (Å²) < 4.78 is 0. The lowest BCUT2D eigenvalue weighted by Gasteiger charge is -2.29. The Bertz CT molecular complexity index is 950. The maximum atomic E-state index is 12.8. The molecular formula is C21H24N4O. The highest BCUT2D eigenvalue weighted by molar-refractivity contribution is 5.82. The van der Waals surface area contributed by atoms with Crippen LogP contribution in [0.2, 0.25) is 0 Å². The van der Waals surface area contributed by atoms with Crippen molar-refractivity contribution in [3.05, 3.63) is 58.9 Å². The summed E-state index contributed by atoms with van der Waals surface area (Å²) in [5, 5.41) is 8.06. The van der Waals surface area contributed by atoms with Gasteiger partial charge in [0.15, 0.2) is 5.65 Å². The smallest absolute Gasteiger partial charge is 0.227 e. The van der Waals surface area contributed by atoms with Crippen molar-refractivity contribution in [2.75, 3.05) is 6.54 Å². The van der Waals surface area contributed by atoms with Crippen LogP contribution in [0, 0.1) is 0 Å². The summed E-state index contributed by atoms with van der Waals surface area (Å²) in [6.45, 7) is 7.97. The van der Waals surface area contributed by atoms with Gasteiger partial charge < -0.3 is 4.90 Å². The van der Waals surface area contributed by atoms with Crippen molar-refractivity contribution < 1.29 is 4.79 Å². The molecule has 1 amide bonds. The molecule has 5 heteroatoms. The van der Waals surface area contributed by atoms with Crippen molar-refractivity contribution in [1.82, 2.24) is 20.1 Å². The van der Waals surface area contributed by atoms with E-state index in [1.165, 1.54) is 11.1 Å². The van der Waals surface area contributed by atoms with Gasteiger partial charge in [0.25, 0.3) is 0 Å². The third-order valence-electron chi connectivity index (χ3n) is 5.20.